The van der Waals surface area contributed by atoms with Gasteiger partial charge < -0.3 is 15.0 Å². The predicted octanol–water partition coefficient (Wildman–Crippen LogP) is 4.17. The van der Waals surface area contributed by atoms with E-state index in [1.54, 1.807) is 23.0 Å². The second kappa shape index (κ2) is 9.61. The lowest BCUT2D eigenvalue weighted by atomic mass is 10.1. The first-order valence-corrected chi connectivity index (χ1v) is 12.7. The maximum absolute atomic E-state index is 13.8. The summed E-state index contributed by atoms with van der Waals surface area (Å²) in [6.45, 7) is 1.73. The van der Waals surface area contributed by atoms with Crippen LogP contribution < -0.4 is 15.6 Å². The number of anilines is 1. The molecular weight excluding hydrogens is 468 g/mol. The Hall–Kier alpha value is -3.14. The molecule has 0 atom stereocenters. The van der Waals surface area contributed by atoms with Crippen molar-refractivity contribution in [1.29, 1.82) is 0 Å². The Morgan fingerprint density at radius 1 is 1.18 bits per heavy atom. The molecule has 1 amide bonds. The van der Waals surface area contributed by atoms with Gasteiger partial charge >= 0.3 is 0 Å². The highest BCUT2D eigenvalue weighted by Crippen LogP contribution is 2.34. The zero-order valence-corrected chi connectivity index (χ0v) is 20.5. The van der Waals surface area contributed by atoms with E-state index in [-0.39, 0.29) is 17.2 Å². The Morgan fingerprint density at radius 3 is 2.68 bits per heavy atom. The van der Waals surface area contributed by atoms with Crippen LogP contribution in [0.4, 0.5) is 5.69 Å². The Morgan fingerprint density at radius 2 is 1.94 bits per heavy atom. The van der Waals surface area contributed by atoms with Crippen LogP contribution in [0.25, 0.3) is 15.9 Å². The molecule has 3 heterocycles. The number of hydrogen-bond donors (Lipinski definition) is 1. The highest BCUT2D eigenvalue weighted by atomic mass is 32.2. The van der Waals surface area contributed by atoms with Gasteiger partial charge in [-0.05, 0) is 55.4 Å². The summed E-state index contributed by atoms with van der Waals surface area (Å²) in [5.41, 5.74) is 2.44. The van der Waals surface area contributed by atoms with Gasteiger partial charge in [-0.2, -0.15) is 0 Å². The van der Waals surface area contributed by atoms with Crippen molar-refractivity contribution in [1.82, 2.24) is 14.5 Å². The lowest BCUT2D eigenvalue weighted by molar-refractivity contribution is -0.113. The first kappa shape index (κ1) is 22.6. The van der Waals surface area contributed by atoms with Crippen LogP contribution in [-0.4, -0.2) is 46.8 Å². The molecule has 1 aliphatic rings. The van der Waals surface area contributed by atoms with Gasteiger partial charge in [0, 0.05) is 23.7 Å². The van der Waals surface area contributed by atoms with E-state index < -0.39 is 0 Å². The van der Waals surface area contributed by atoms with Crippen molar-refractivity contribution >= 4 is 44.9 Å². The smallest absolute Gasteiger partial charge is 0.267 e. The number of likely N-dealkylation sites (N-methyl/N-ethyl adjacent to an activating group) is 1. The van der Waals surface area contributed by atoms with Gasteiger partial charge in [0.1, 0.15) is 10.6 Å². The third kappa shape index (κ3) is 4.46. The number of methoxy groups -OCH3 is 1. The molecule has 0 bridgehead atoms. The van der Waals surface area contributed by atoms with Crippen LogP contribution in [0.3, 0.4) is 0 Å². The highest BCUT2D eigenvalue weighted by Gasteiger charge is 2.24. The molecule has 9 heteroatoms. The number of carbonyl (C=O) groups is 1. The molecule has 5 rings (SSSR count). The van der Waals surface area contributed by atoms with Gasteiger partial charge in [0.15, 0.2) is 5.16 Å². The third-order valence-corrected chi connectivity index (χ3v) is 7.80. The van der Waals surface area contributed by atoms with E-state index in [4.69, 9.17) is 9.72 Å². The number of benzene rings is 2. The van der Waals surface area contributed by atoms with E-state index in [9.17, 15) is 9.59 Å². The Kier molecular flexibility index (Phi) is 6.40. The molecule has 0 spiro atoms. The molecule has 2 aromatic heterocycles. The first-order chi connectivity index (χ1) is 16.5. The average Bonchev–Trinajstić information content (AvgIpc) is 3.21. The minimum Gasteiger partial charge on any atom is -0.497 e. The Bertz CT molecular complexity index is 1400. The second-order valence-corrected chi connectivity index (χ2v) is 10.1. The number of hydrogen-bond acceptors (Lipinski definition) is 7. The molecule has 0 saturated carbocycles. The first-order valence-electron chi connectivity index (χ1n) is 10.9. The van der Waals surface area contributed by atoms with E-state index in [0.29, 0.717) is 22.0 Å². The summed E-state index contributed by atoms with van der Waals surface area (Å²) in [5.74, 6) is 0.689. The number of rotatable bonds is 6. The number of ether oxygens (including phenoxy) is 1. The fraction of sp³-hybridized carbons (Fsp3) is 0.240. The minimum absolute atomic E-state index is 0.0943. The van der Waals surface area contributed by atoms with Gasteiger partial charge in [0.25, 0.3) is 5.56 Å². The van der Waals surface area contributed by atoms with E-state index in [1.165, 1.54) is 16.6 Å². The van der Waals surface area contributed by atoms with Gasteiger partial charge in [-0.3, -0.25) is 14.2 Å². The Balaban J connectivity index is 1.54. The maximum Gasteiger partial charge on any atom is 0.267 e. The van der Waals surface area contributed by atoms with Gasteiger partial charge in [-0.25, -0.2) is 4.98 Å². The molecule has 1 aliphatic heterocycles. The second-order valence-electron chi connectivity index (χ2n) is 8.11. The number of para-hydroxylation sites is 1. The number of nitrogens with one attached hydrogen (secondary N) is 1. The summed E-state index contributed by atoms with van der Waals surface area (Å²) in [6, 6.07) is 16.6. The highest BCUT2D eigenvalue weighted by molar-refractivity contribution is 7.99. The summed E-state index contributed by atoms with van der Waals surface area (Å²) in [5, 5.41) is 4.08. The SMILES string of the molecule is COc1ccc(-n2c(SCC(=O)Nc3ccccc3)nc3sc4c(c3c2=O)CCN(C)C4)cc1. The number of thiophene rings is 1. The van der Waals surface area contributed by atoms with Gasteiger partial charge in [0.05, 0.1) is 23.9 Å². The van der Waals surface area contributed by atoms with Crippen LogP contribution in [0, 0.1) is 0 Å². The van der Waals surface area contributed by atoms with Crippen molar-refractivity contribution in [2.45, 2.75) is 18.1 Å². The molecule has 0 fully saturated rings. The zero-order valence-electron chi connectivity index (χ0n) is 18.9. The summed E-state index contributed by atoms with van der Waals surface area (Å²) in [7, 11) is 3.69. The van der Waals surface area contributed by atoms with Gasteiger partial charge in [0.2, 0.25) is 5.91 Å². The van der Waals surface area contributed by atoms with Crippen molar-refractivity contribution in [3.05, 3.63) is 75.4 Å². The molecule has 0 saturated heterocycles. The molecule has 174 valence electrons. The van der Waals surface area contributed by atoms with Crippen LogP contribution in [0.1, 0.15) is 10.4 Å². The van der Waals surface area contributed by atoms with E-state index in [1.807, 2.05) is 54.6 Å². The van der Waals surface area contributed by atoms with Gasteiger partial charge in [-0.15, -0.1) is 11.3 Å². The van der Waals surface area contributed by atoms with Crippen LogP contribution in [0.15, 0.2) is 64.5 Å². The largest absolute Gasteiger partial charge is 0.497 e. The standard InChI is InChI=1S/C25H24N4O3S2/c1-28-13-12-19-20(14-28)34-23-22(19)24(31)29(17-8-10-18(32-2)11-9-17)25(27-23)33-15-21(30)26-16-6-4-3-5-7-16/h3-11H,12-15H2,1-2H3,(H,26,30). The molecule has 1 N–H and O–H groups in total. The average molecular weight is 493 g/mol. The van der Waals surface area contributed by atoms with Crippen molar-refractivity contribution in [2.75, 3.05) is 31.8 Å². The fourth-order valence-electron chi connectivity index (χ4n) is 4.06. The molecule has 34 heavy (non-hydrogen) atoms. The monoisotopic (exact) mass is 492 g/mol. The molecule has 2 aromatic carbocycles. The lowest BCUT2D eigenvalue weighted by Crippen LogP contribution is -2.27. The third-order valence-electron chi connectivity index (χ3n) is 5.76. The molecule has 4 aromatic rings. The molecule has 0 unspecified atom stereocenters. The predicted molar refractivity (Wildman–Crippen MR) is 138 cm³/mol. The summed E-state index contributed by atoms with van der Waals surface area (Å²) >= 11 is 2.84. The van der Waals surface area contributed by atoms with Crippen LogP contribution >= 0.6 is 23.1 Å². The number of thioether (sulfide) groups is 1. The Labute approximate surface area is 205 Å². The van der Waals surface area contributed by atoms with E-state index in [2.05, 4.69) is 17.3 Å². The van der Waals surface area contributed by atoms with Crippen molar-refractivity contribution in [2.24, 2.45) is 0 Å². The van der Waals surface area contributed by atoms with E-state index in [0.717, 1.165) is 35.6 Å². The maximum atomic E-state index is 13.8. The number of aromatic nitrogens is 2. The summed E-state index contributed by atoms with van der Waals surface area (Å²) in [4.78, 5) is 35.5. The van der Waals surface area contributed by atoms with Crippen molar-refractivity contribution < 1.29 is 9.53 Å². The number of fused-ring (bicyclic) bond motifs is 3. The van der Waals surface area contributed by atoms with Crippen LogP contribution in [-0.2, 0) is 17.8 Å². The fourth-order valence-corrected chi connectivity index (χ4v) is 6.21. The molecular formula is C25H24N4O3S2. The summed E-state index contributed by atoms with van der Waals surface area (Å²) in [6.07, 6.45) is 0.831. The zero-order chi connectivity index (χ0) is 23.7. The normalized spacial score (nSPS) is 13.6. The summed E-state index contributed by atoms with van der Waals surface area (Å²) < 4.78 is 6.90. The number of amides is 1. The van der Waals surface area contributed by atoms with Crippen molar-refractivity contribution in [3.8, 4) is 11.4 Å². The van der Waals surface area contributed by atoms with Crippen LogP contribution in [0.2, 0.25) is 0 Å². The molecule has 7 nitrogen and oxygen atoms in total. The topological polar surface area (TPSA) is 76.5 Å². The van der Waals surface area contributed by atoms with E-state index >= 15 is 0 Å². The molecule has 0 radical (unpaired) electrons. The van der Waals surface area contributed by atoms with Crippen molar-refractivity contribution in [3.63, 3.8) is 0 Å². The van der Waals surface area contributed by atoms with Crippen LogP contribution in [0.5, 0.6) is 5.75 Å². The minimum atomic E-state index is -0.154. The lowest BCUT2D eigenvalue weighted by Gasteiger charge is -2.21. The number of nitrogens with zero attached hydrogens (tertiary/aromatic N) is 3. The number of carbonyl (C=O) groups excluding carboxylic acids is 1. The quantitative estimate of drug-likeness (QED) is 0.322. The molecule has 0 aliphatic carbocycles. The van der Waals surface area contributed by atoms with Gasteiger partial charge in [-0.1, -0.05) is 30.0 Å².